The summed E-state index contributed by atoms with van der Waals surface area (Å²) in [6, 6.07) is 6.26. The van der Waals surface area contributed by atoms with E-state index in [0.29, 0.717) is 25.6 Å². The van der Waals surface area contributed by atoms with Gasteiger partial charge in [-0.25, -0.2) is 17.5 Å². The first-order valence-electron chi connectivity index (χ1n) is 7.01. The van der Waals surface area contributed by atoms with E-state index in [-0.39, 0.29) is 35.5 Å². The van der Waals surface area contributed by atoms with E-state index in [0.717, 1.165) is 5.56 Å². The van der Waals surface area contributed by atoms with Crippen LogP contribution in [-0.2, 0) is 16.6 Å². The Balaban J connectivity index is 0.00000484. The molecule has 0 aliphatic rings. The smallest absolute Gasteiger partial charge is 0.211 e. The summed E-state index contributed by atoms with van der Waals surface area (Å²) in [5.74, 6) is 0.434. The van der Waals surface area contributed by atoms with Crippen molar-refractivity contribution >= 4 is 40.0 Å². The molecule has 0 saturated carbocycles. The van der Waals surface area contributed by atoms with E-state index in [1.807, 2.05) is 11.9 Å². The van der Waals surface area contributed by atoms with E-state index in [1.54, 1.807) is 26.1 Å². The monoisotopic (exact) mass is 458 g/mol. The Hall–Kier alpha value is -0.940. The van der Waals surface area contributed by atoms with E-state index in [9.17, 15) is 12.8 Å². The van der Waals surface area contributed by atoms with Crippen molar-refractivity contribution in [1.29, 1.82) is 0 Å². The maximum absolute atomic E-state index is 12.9. The van der Waals surface area contributed by atoms with E-state index < -0.39 is 10.0 Å². The van der Waals surface area contributed by atoms with E-state index in [4.69, 9.17) is 0 Å². The van der Waals surface area contributed by atoms with Gasteiger partial charge < -0.3 is 10.2 Å². The van der Waals surface area contributed by atoms with Gasteiger partial charge in [0.1, 0.15) is 5.82 Å². The van der Waals surface area contributed by atoms with Crippen LogP contribution < -0.4 is 10.0 Å². The largest absolute Gasteiger partial charge is 0.355 e. The topological polar surface area (TPSA) is 73.8 Å². The number of hydrogen-bond donors (Lipinski definition) is 2. The van der Waals surface area contributed by atoms with Gasteiger partial charge in [-0.3, -0.25) is 4.99 Å². The highest BCUT2D eigenvalue weighted by Crippen LogP contribution is 2.05. The molecular weight excluding hydrogens is 434 g/mol. The van der Waals surface area contributed by atoms with Gasteiger partial charge in [0.15, 0.2) is 5.96 Å². The summed E-state index contributed by atoms with van der Waals surface area (Å²) in [7, 11) is 0.333. The van der Waals surface area contributed by atoms with Crippen LogP contribution in [0.3, 0.4) is 0 Å². The lowest BCUT2D eigenvalue weighted by Crippen LogP contribution is -2.42. The summed E-state index contributed by atoms with van der Waals surface area (Å²) in [4.78, 5) is 6.01. The number of rotatable bonds is 7. The fourth-order valence-electron chi connectivity index (χ4n) is 1.81. The van der Waals surface area contributed by atoms with Gasteiger partial charge >= 0.3 is 0 Å². The molecular formula is C14H24FIN4O2S. The van der Waals surface area contributed by atoms with Gasteiger partial charge in [-0.2, -0.15) is 0 Å². The van der Waals surface area contributed by atoms with Crippen molar-refractivity contribution in [3.8, 4) is 0 Å². The summed E-state index contributed by atoms with van der Waals surface area (Å²) in [5.41, 5.74) is 0.957. The molecule has 1 aromatic carbocycles. The zero-order valence-electron chi connectivity index (χ0n) is 13.5. The van der Waals surface area contributed by atoms with E-state index in [2.05, 4.69) is 15.0 Å². The Morgan fingerprint density at radius 1 is 1.26 bits per heavy atom. The maximum Gasteiger partial charge on any atom is 0.211 e. The van der Waals surface area contributed by atoms with Crippen LogP contribution in [0.5, 0.6) is 0 Å². The predicted molar refractivity (Wildman–Crippen MR) is 102 cm³/mol. The first-order chi connectivity index (χ1) is 10.4. The third-order valence-electron chi connectivity index (χ3n) is 3.02. The van der Waals surface area contributed by atoms with Crippen LogP contribution in [0, 0.1) is 5.82 Å². The van der Waals surface area contributed by atoms with Crippen LogP contribution in [0.2, 0.25) is 0 Å². The molecule has 6 nitrogen and oxygen atoms in total. The summed E-state index contributed by atoms with van der Waals surface area (Å²) < 4.78 is 38.0. The molecule has 0 aromatic heterocycles. The van der Waals surface area contributed by atoms with Crippen LogP contribution in [0.15, 0.2) is 29.3 Å². The molecule has 0 fully saturated rings. The second-order valence-corrected chi connectivity index (χ2v) is 6.85. The minimum atomic E-state index is -3.18. The summed E-state index contributed by atoms with van der Waals surface area (Å²) in [5, 5.41) is 3.07. The van der Waals surface area contributed by atoms with Crippen LogP contribution in [0.25, 0.3) is 0 Å². The van der Waals surface area contributed by atoms with E-state index in [1.165, 1.54) is 12.1 Å². The molecule has 0 saturated heterocycles. The van der Waals surface area contributed by atoms with E-state index >= 15 is 0 Å². The maximum atomic E-state index is 12.9. The van der Waals surface area contributed by atoms with Crippen LogP contribution >= 0.6 is 24.0 Å². The summed E-state index contributed by atoms with van der Waals surface area (Å²) in [6.45, 7) is 2.88. The zero-order valence-corrected chi connectivity index (χ0v) is 16.7. The second-order valence-electron chi connectivity index (χ2n) is 4.75. The molecule has 1 rings (SSSR count). The van der Waals surface area contributed by atoms with Gasteiger partial charge in [0, 0.05) is 33.7 Å². The van der Waals surface area contributed by atoms with Crippen molar-refractivity contribution < 1.29 is 12.8 Å². The quantitative estimate of drug-likeness (QED) is 0.281. The van der Waals surface area contributed by atoms with Crippen molar-refractivity contribution in [3.05, 3.63) is 35.6 Å². The van der Waals surface area contributed by atoms with Crippen LogP contribution in [0.1, 0.15) is 12.5 Å². The van der Waals surface area contributed by atoms with Crippen molar-refractivity contribution in [2.24, 2.45) is 4.99 Å². The molecule has 0 bridgehead atoms. The van der Waals surface area contributed by atoms with Crippen LogP contribution in [0.4, 0.5) is 4.39 Å². The molecule has 2 N–H and O–H groups in total. The molecule has 1 aromatic rings. The first-order valence-corrected chi connectivity index (χ1v) is 8.66. The summed E-state index contributed by atoms with van der Waals surface area (Å²) >= 11 is 0. The SMILES string of the molecule is CCS(=O)(=O)NCCNC(=NC)N(C)Cc1ccc(F)cc1.I. The van der Waals surface area contributed by atoms with Gasteiger partial charge in [0.2, 0.25) is 10.0 Å². The molecule has 23 heavy (non-hydrogen) atoms. The number of nitrogens with one attached hydrogen (secondary N) is 2. The lowest BCUT2D eigenvalue weighted by molar-refractivity contribution is 0.476. The van der Waals surface area contributed by atoms with Crippen molar-refractivity contribution in [2.75, 3.05) is 32.9 Å². The Morgan fingerprint density at radius 3 is 2.39 bits per heavy atom. The number of sulfonamides is 1. The van der Waals surface area contributed by atoms with Crippen LogP contribution in [-0.4, -0.2) is 52.2 Å². The number of benzene rings is 1. The molecule has 132 valence electrons. The van der Waals surface area contributed by atoms with Crippen molar-refractivity contribution in [3.63, 3.8) is 0 Å². The minimum Gasteiger partial charge on any atom is -0.355 e. The normalized spacial score (nSPS) is 11.7. The number of halogens is 2. The highest BCUT2D eigenvalue weighted by atomic mass is 127. The fourth-order valence-corrected chi connectivity index (χ4v) is 2.42. The zero-order chi connectivity index (χ0) is 16.6. The van der Waals surface area contributed by atoms with Gasteiger partial charge in [-0.05, 0) is 24.6 Å². The standard InChI is InChI=1S/C14H23FN4O2S.HI/c1-4-22(20,21)18-10-9-17-14(16-2)19(3)11-12-5-7-13(15)8-6-12;/h5-8,18H,4,9-11H2,1-3H3,(H,16,17);1H. The number of nitrogens with zero attached hydrogens (tertiary/aromatic N) is 2. The Labute approximate surface area is 154 Å². The highest BCUT2D eigenvalue weighted by molar-refractivity contribution is 14.0. The number of aliphatic imine (C=N–C) groups is 1. The Morgan fingerprint density at radius 2 is 1.87 bits per heavy atom. The Kier molecular flexibility index (Phi) is 10.3. The third kappa shape index (κ3) is 8.47. The Bertz CT molecular complexity index is 593. The number of hydrogen-bond acceptors (Lipinski definition) is 3. The third-order valence-corrected chi connectivity index (χ3v) is 4.42. The second kappa shape index (κ2) is 10.8. The fraction of sp³-hybridized carbons (Fsp3) is 0.500. The molecule has 0 atom stereocenters. The van der Waals surface area contributed by atoms with Crippen molar-refractivity contribution in [1.82, 2.24) is 14.9 Å². The average Bonchev–Trinajstić information content (AvgIpc) is 2.49. The molecule has 0 unspecified atom stereocenters. The summed E-state index contributed by atoms with van der Waals surface area (Å²) in [6.07, 6.45) is 0. The predicted octanol–water partition coefficient (Wildman–Crippen LogP) is 1.39. The molecule has 0 spiro atoms. The van der Waals surface area contributed by atoms with Gasteiger partial charge in [-0.15, -0.1) is 24.0 Å². The van der Waals surface area contributed by atoms with Crippen molar-refractivity contribution in [2.45, 2.75) is 13.5 Å². The van der Waals surface area contributed by atoms with Gasteiger partial charge in [0.25, 0.3) is 0 Å². The average molecular weight is 458 g/mol. The first kappa shape index (κ1) is 22.1. The lowest BCUT2D eigenvalue weighted by Gasteiger charge is -2.22. The molecule has 0 radical (unpaired) electrons. The molecule has 0 heterocycles. The van der Waals surface area contributed by atoms with Gasteiger partial charge in [0.05, 0.1) is 5.75 Å². The molecule has 0 aliphatic heterocycles. The van der Waals surface area contributed by atoms with Gasteiger partial charge in [-0.1, -0.05) is 12.1 Å². The number of guanidine groups is 1. The molecule has 0 amide bonds. The molecule has 0 aliphatic carbocycles. The highest BCUT2D eigenvalue weighted by Gasteiger charge is 2.08. The lowest BCUT2D eigenvalue weighted by atomic mass is 10.2. The molecule has 9 heteroatoms. The minimum absolute atomic E-state index is 0.